The number of aromatic nitrogens is 1. The predicted octanol–water partition coefficient (Wildman–Crippen LogP) is 2.51. The van der Waals surface area contributed by atoms with E-state index in [2.05, 4.69) is 9.71 Å². The molecule has 0 saturated heterocycles. The fourth-order valence-corrected chi connectivity index (χ4v) is 3.11. The summed E-state index contributed by atoms with van der Waals surface area (Å²) < 4.78 is 32.4. The van der Waals surface area contributed by atoms with Gasteiger partial charge in [0.1, 0.15) is 5.75 Å². The minimum absolute atomic E-state index is 0.232. The number of aromatic amines is 1. The van der Waals surface area contributed by atoms with Gasteiger partial charge in [-0.1, -0.05) is 0 Å². The van der Waals surface area contributed by atoms with Crippen LogP contribution in [0.15, 0.2) is 35.2 Å². The van der Waals surface area contributed by atoms with Crippen LogP contribution in [0.25, 0.3) is 0 Å². The van der Waals surface area contributed by atoms with Gasteiger partial charge in [0.15, 0.2) is 0 Å². The van der Waals surface area contributed by atoms with E-state index in [9.17, 15) is 8.42 Å². The van der Waals surface area contributed by atoms with Gasteiger partial charge in [-0.25, -0.2) is 13.1 Å². The molecule has 114 valence electrons. The quantitative estimate of drug-likeness (QED) is 0.861. The molecule has 0 atom stereocenters. The molecule has 0 saturated carbocycles. The molecule has 0 radical (unpaired) electrons. The number of ether oxygens (including phenoxy) is 1. The number of sulfonamides is 1. The maximum absolute atomic E-state index is 12.2. The summed E-state index contributed by atoms with van der Waals surface area (Å²) in [6, 6.07) is 8.34. The molecular weight excluding hydrogens is 288 g/mol. The molecule has 0 aliphatic heterocycles. The van der Waals surface area contributed by atoms with Crippen LogP contribution in [0.4, 0.5) is 0 Å². The van der Waals surface area contributed by atoms with E-state index >= 15 is 0 Å². The van der Waals surface area contributed by atoms with Crippen LogP contribution in [0, 0.1) is 13.8 Å². The Balaban J connectivity index is 2.09. The van der Waals surface area contributed by atoms with Crippen molar-refractivity contribution >= 4 is 10.0 Å². The first kappa shape index (κ1) is 15.6. The van der Waals surface area contributed by atoms with Gasteiger partial charge < -0.3 is 9.72 Å². The lowest BCUT2D eigenvalue weighted by atomic mass is 10.2. The standard InChI is InChI=1S/C15H20N2O3S/c1-4-20-14-5-7-15(8-6-14)21(18,19)16-10-13-9-11(2)17-12(13)3/h5-9,16-17H,4,10H2,1-3H3. The van der Waals surface area contributed by atoms with Gasteiger partial charge in [0, 0.05) is 17.9 Å². The summed E-state index contributed by atoms with van der Waals surface area (Å²) in [5.41, 5.74) is 2.94. The number of H-pyrrole nitrogens is 1. The van der Waals surface area contributed by atoms with Crippen LogP contribution in [-0.2, 0) is 16.6 Å². The van der Waals surface area contributed by atoms with E-state index < -0.39 is 10.0 Å². The van der Waals surface area contributed by atoms with Crippen LogP contribution in [0.3, 0.4) is 0 Å². The molecule has 0 fully saturated rings. The summed E-state index contributed by atoms with van der Waals surface area (Å²) in [7, 11) is -3.52. The first-order valence-electron chi connectivity index (χ1n) is 6.80. The first-order valence-corrected chi connectivity index (χ1v) is 8.28. The number of nitrogens with one attached hydrogen (secondary N) is 2. The summed E-state index contributed by atoms with van der Waals surface area (Å²) in [5.74, 6) is 0.661. The topological polar surface area (TPSA) is 71.2 Å². The maximum atomic E-state index is 12.2. The maximum Gasteiger partial charge on any atom is 0.240 e. The van der Waals surface area contributed by atoms with Crippen LogP contribution < -0.4 is 9.46 Å². The van der Waals surface area contributed by atoms with Gasteiger partial charge in [0.25, 0.3) is 0 Å². The third kappa shape index (κ3) is 3.86. The normalized spacial score (nSPS) is 11.6. The number of aryl methyl sites for hydroxylation is 2. The highest BCUT2D eigenvalue weighted by Gasteiger charge is 2.14. The van der Waals surface area contributed by atoms with Crippen LogP contribution in [0.1, 0.15) is 23.9 Å². The molecule has 5 nitrogen and oxygen atoms in total. The van der Waals surface area contributed by atoms with Crippen molar-refractivity contribution in [2.24, 2.45) is 0 Å². The molecule has 0 unspecified atom stereocenters. The average molecular weight is 308 g/mol. The molecule has 1 heterocycles. The van der Waals surface area contributed by atoms with Crippen molar-refractivity contribution in [3.63, 3.8) is 0 Å². The molecule has 21 heavy (non-hydrogen) atoms. The molecule has 6 heteroatoms. The molecule has 2 rings (SSSR count). The Morgan fingerprint density at radius 3 is 2.38 bits per heavy atom. The van der Waals surface area contributed by atoms with Crippen LogP contribution in [-0.4, -0.2) is 20.0 Å². The van der Waals surface area contributed by atoms with Gasteiger partial charge in [-0.3, -0.25) is 0 Å². The third-order valence-electron chi connectivity index (χ3n) is 3.15. The summed E-state index contributed by atoms with van der Waals surface area (Å²) in [4.78, 5) is 3.39. The molecule has 0 aliphatic carbocycles. The van der Waals surface area contributed by atoms with Crippen molar-refractivity contribution < 1.29 is 13.2 Å². The Labute approximate surface area is 125 Å². The monoisotopic (exact) mass is 308 g/mol. The van der Waals surface area contributed by atoms with Gasteiger partial charge in [-0.15, -0.1) is 0 Å². The first-order chi connectivity index (χ1) is 9.92. The smallest absolute Gasteiger partial charge is 0.240 e. The van der Waals surface area contributed by atoms with Gasteiger partial charge in [-0.2, -0.15) is 0 Å². The average Bonchev–Trinajstić information content (AvgIpc) is 2.76. The molecule has 0 amide bonds. The minimum Gasteiger partial charge on any atom is -0.494 e. The Hall–Kier alpha value is -1.79. The highest BCUT2D eigenvalue weighted by Crippen LogP contribution is 2.17. The van der Waals surface area contributed by atoms with Gasteiger partial charge in [-0.05, 0) is 56.7 Å². The molecule has 0 bridgehead atoms. The van der Waals surface area contributed by atoms with Crippen LogP contribution in [0.2, 0.25) is 0 Å². The molecule has 1 aromatic heterocycles. The van der Waals surface area contributed by atoms with E-state index in [-0.39, 0.29) is 11.4 Å². The third-order valence-corrected chi connectivity index (χ3v) is 4.57. The van der Waals surface area contributed by atoms with Gasteiger partial charge in [0.2, 0.25) is 10.0 Å². The van der Waals surface area contributed by atoms with Crippen LogP contribution >= 0.6 is 0 Å². The zero-order valence-electron chi connectivity index (χ0n) is 12.4. The van der Waals surface area contributed by atoms with Crippen molar-refractivity contribution in [2.75, 3.05) is 6.61 Å². The van der Waals surface area contributed by atoms with Gasteiger partial charge >= 0.3 is 0 Å². The van der Waals surface area contributed by atoms with Gasteiger partial charge in [0.05, 0.1) is 11.5 Å². The molecule has 0 spiro atoms. The van der Waals surface area contributed by atoms with E-state index in [4.69, 9.17) is 4.74 Å². The summed E-state index contributed by atoms with van der Waals surface area (Å²) >= 11 is 0. The fourth-order valence-electron chi connectivity index (χ4n) is 2.10. The van der Waals surface area contributed by atoms with Crippen molar-refractivity contribution in [3.05, 3.63) is 47.3 Å². The Kier molecular flexibility index (Phi) is 4.69. The second-order valence-corrected chi connectivity index (χ2v) is 6.60. The summed E-state index contributed by atoms with van der Waals surface area (Å²) in [6.07, 6.45) is 0. The molecular formula is C15H20N2O3S. The zero-order valence-corrected chi connectivity index (χ0v) is 13.3. The van der Waals surface area contributed by atoms with Crippen molar-refractivity contribution in [2.45, 2.75) is 32.2 Å². The molecule has 0 aliphatic rings. The van der Waals surface area contributed by atoms with E-state index in [1.54, 1.807) is 24.3 Å². The second-order valence-electron chi connectivity index (χ2n) is 4.83. The van der Waals surface area contributed by atoms with E-state index in [1.807, 2.05) is 26.8 Å². The highest BCUT2D eigenvalue weighted by atomic mass is 32.2. The van der Waals surface area contributed by atoms with Crippen molar-refractivity contribution in [1.29, 1.82) is 0 Å². The molecule has 2 N–H and O–H groups in total. The summed E-state index contributed by atoms with van der Waals surface area (Å²) in [5, 5.41) is 0. The molecule has 1 aromatic carbocycles. The second kappa shape index (κ2) is 6.32. The van der Waals surface area contributed by atoms with Crippen LogP contribution in [0.5, 0.6) is 5.75 Å². The number of benzene rings is 1. The lowest BCUT2D eigenvalue weighted by molar-refractivity contribution is 0.340. The Morgan fingerprint density at radius 1 is 1.19 bits per heavy atom. The minimum atomic E-state index is -3.52. The lowest BCUT2D eigenvalue weighted by Crippen LogP contribution is -2.23. The Bertz CT molecular complexity index is 703. The summed E-state index contributed by atoms with van der Waals surface area (Å²) in [6.45, 7) is 6.57. The zero-order chi connectivity index (χ0) is 15.5. The number of rotatable bonds is 6. The van der Waals surface area contributed by atoms with Crippen molar-refractivity contribution in [3.8, 4) is 5.75 Å². The highest BCUT2D eigenvalue weighted by molar-refractivity contribution is 7.89. The Morgan fingerprint density at radius 2 is 1.86 bits per heavy atom. The fraction of sp³-hybridized carbons (Fsp3) is 0.333. The number of hydrogen-bond donors (Lipinski definition) is 2. The number of hydrogen-bond acceptors (Lipinski definition) is 3. The van der Waals surface area contributed by atoms with Crippen molar-refractivity contribution in [1.82, 2.24) is 9.71 Å². The lowest BCUT2D eigenvalue weighted by Gasteiger charge is -2.08. The van der Waals surface area contributed by atoms with E-state index in [0.29, 0.717) is 12.4 Å². The van der Waals surface area contributed by atoms with E-state index in [1.165, 1.54) is 0 Å². The SMILES string of the molecule is CCOc1ccc(S(=O)(=O)NCc2cc(C)[nH]c2C)cc1. The largest absolute Gasteiger partial charge is 0.494 e. The van der Waals surface area contributed by atoms with E-state index in [0.717, 1.165) is 17.0 Å². The molecule has 2 aromatic rings. The predicted molar refractivity (Wildman–Crippen MR) is 81.9 cm³/mol.